The topological polar surface area (TPSA) is 66.4 Å². The second-order valence-corrected chi connectivity index (χ2v) is 5.79. The lowest BCUT2D eigenvalue weighted by atomic mass is 9.94. The van der Waals surface area contributed by atoms with Crippen LogP contribution in [0, 0.1) is 17.8 Å². The lowest BCUT2D eigenvalue weighted by Crippen LogP contribution is -2.31. The molecule has 0 heterocycles. The lowest BCUT2D eigenvalue weighted by molar-refractivity contribution is -0.137. The second-order valence-electron chi connectivity index (χ2n) is 5.79. The van der Waals surface area contributed by atoms with E-state index in [2.05, 4.69) is 12.2 Å². The first kappa shape index (κ1) is 16.0. The summed E-state index contributed by atoms with van der Waals surface area (Å²) in [5.41, 5.74) is 0. The molecular formula is C15H27NO3. The summed E-state index contributed by atoms with van der Waals surface area (Å²) in [6.45, 7) is 4.79. The van der Waals surface area contributed by atoms with Crippen LogP contribution in [0.3, 0.4) is 0 Å². The van der Waals surface area contributed by atoms with Crippen LogP contribution < -0.4 is 5.32 Å². The normalized spacial score (nSPS) is 17.8. The van der Waals surface area contributed by atoms with E-state index in [1.807, 2.05) is 6.92 Å². The number of carbonyl (C=O) groups is 2. The second kappa shape index (κ2) is 8.18. The molecule has 4 nitrogen and oxygen atoms in total. The number of hydrogen-bond donors (Lipinski definition) is 2. The smallest absolute Gasteiger partial charge is 0.303 e. The molecule has 0 bridgehead atoms. The molecule has 0 saturated heterocycles. The van der Waals surface area contributed by atoms with Gasteiger partial charge in [-0.15, -0.1) is 0 Å². The van der Waals surface area contributed by atoms with Crippen molar-refractivity contribution in [2.75, 3.05) is 6.54 Å². The maximum atomic E-state index is 11.8. The molecule has 1 rings (SSSR count). The number of carboxylic acids is 1. The van der Waals surface area contributed by atoms with Gasteiger partial charge in [-0.1, -0.05) is 26.7 Å². The molecule has 1 amide bonds. The van der Waals surface area contributed by atoms with Crippen molar-refractivity contribution in [2.24, 2.45) is 17.8 Å². The van der Waals surface area contributed by atoms with Crippen LogP contribution in [-0.2, 0) is 9.59 Å². The average Bonchev–Trinajstić information content (AvgIpc) is 3.18. The molecule has 0 aromatic heterocycles. The van der Waals surface area contributed by atoms with E-state index in [0.717, 1.165) is 25.7 Å². The number of carbonyl (C=O) groups excluding carboxylic acids is 1. The van der Waals surface area contributed by atoms with Crippen molar-refractivity contribution in [3.8, 4) is 0 Å². The van der Waals surface area contributed by atoms with Crippen molar-refractivity contribution in [2.45, 2.75) is 58.8 Å². The van der Waals surface area contributed by atoms with Crippen LogP contribution in [0.5, 0.6) is 0 Å². The number of hydrogen-bond acceptors (Lipinski definition) is 2. The monoisotopic (exact) mass is 269 g/mol. The predicted octanol–water partition coefficient (Wildman–Crippen LogP) is 2.82. The van der Waals surface area contributed by atoms with Gasteiger partial charge in [0.15, 0.2) is 0 Å². The highest BCUT2D eigenvalue weighted by Gasteiger charge is 2.32. The molecule has 2 unspecified atom stereocenters. The Morgan fingerprint density at radius 1 is 1.26 bits per heavy atom. The number of amides is 1. The fourth-order valence-electron chi connectivity index (χ4n) is 2.54. The third kappa shape index (κ3) is 6.60. The first-order chi connectivity index (χ1) is 9.04. The quantitative estimate of drug-likeness (QED) is 0.641. The number of aliphatic carboxylic acids is 1. The van der Waals surface area contributed by atoms with E-state index >= 15 is 0 Å². The Labute approximate surface area is 116 Å². The molecule has 110 valence electrons. The summed E-state index contributed by atoms with van der Waals surface area (Å²) in [4.78, 5) is 22.4. The summed E-state index contributed by atoms with van der Waals surface area (Å²) < 4.78 is 0. The van der Waals surface area contributed by atoms with E-state index in [1.165, 1.54) is 12.8 Å². The van der Waals surface area contributed by atoms with Gasteiger partial charge >= 0.3 is 5.97 Å². The molecule has 1 fully saturated rings. The minimum atomic E-state index is -0.729. The fourth-order valence-corrected chi connectivity index (χ4v) is 2.54. The summed E-state index contributed by atoms with van der Waals surface area (Å²) in [5, 5.41) is 11.7. The van der Waals surface area contributed by atoms with Gasteiger partial charge in [0.05, 0.1) is 0 Å². The van der Waals surface area contributed by atoms with Crippen molar-refractivity contribution >= 4 is 11.9 Å². The van der Waals surface area contributed by atoms with Crippen LogP contribution in [0.15, 0.2) is 0 Å². The highest BCUT2D eigenvalue weighted by atomic mass is 16.4. The molecule has 0 aromatic rings. The van der Waals surface area contributed by atoms with Crippen LogP contribution >= 0.6 is 0 Å². The summed E-state index contributed by atoms with van der Waals surface area (Å²) in [7, 11) is 0. The molecule has 1 aliphatic carbocycles. The highest BCUT2D eigenvalue weighted by Crippen LogP contribution is 2.36. The number of rotatable bonds is 10. The summed E-state index contributed by atoms with van der Waals surface area (Å²) in [5.74, 6) is 0.586. The van der Waals surface area contributed by atoms with E-state index in [4.69, 9.17) is 5.11 Å². The number of nitrogens with one attached hydrogen (secondary N) is 1. The summed E-state index contributed by atoms with van der Waals surface area (Å²) in [6, 6.07) is 0. The maximum absolute atomic E-state index is 11.8. The molecule has 1 saturated carbocycles. The lowest BCUT2D eigenvalue weighted by Gasteiger charge is -2.16. The molecule has 1 aliphatic rings. The van der Waals surface area contributed by atoms with Crippen molar-refractivity contribution in [3.05, 3.63) is 0 Å². The van der Waals surface area contributed by atoms with Gasteiger partial charge in [0, 0.05) is 18.9 Å². The minimum Gasteiger partial charge on any atom is -0.481 e. The van der Waals surface area contributed by atoms with Crippen LogP contribution in [0.2, 0.25) is 0 Å². The zero-order valence-corrected chi connectivity index (χ0v) is 12.2. The average molecular weight is 269 g/mol. The molecule has 0 aliphatic heterocycles. The number of carboxylic acid groups (broad SMARTS) is 1. The van der Waals surface area contributed by atoms with E-state index in [1.54, 1.807) is 0 Å². The molecule has 0 spiro atoms. The van der Waals surface area contributed by atoms with Crippen molar-refractivity contribution in [1.29, 1.82) is 0 Å². The van der Waals surface area contributed by atoms with Gasteiger partial charge in [-0.25, -0.2) is 0 Å². The molecule has 2 atom stereocenters. The molecular weight excluding hydrogens is 242 g/mol. The first-order valence-corrected chi connectivity index (χ1v) is 7.54. The third-order valence-corrected chi connectivity index (χ3v) is 4.06. The Morgan fingerprint density at radius 2 is 1.95 bits per heavy atom. The van der Waals surface area contributed by atoms with Gasteiger partial charge in [0.25, 0.3) is 0 Å². The highest BCUT2D eigenvalue weighted by molar-refractivity contribution is 5.78. The van der Waals surface area contributed by atoms with Crippen LogP contribution in [0.4, 0.5) is 0 Å². The van der Waals surface area contributed by atoms with Gasteiger partial charge in [-0.05, 0) is 37.5 Å². The van der Waals surface area contributed by atoms with E-state index in [0.29, 0.717) is 18.4 Å². The minimum absolute atomic E-state index is 0.142. The predicted molar refractivity (Wildman–Crippen MR) is 74.8 cm³/mol. The Hall–Kier alpha value is -1.06. The molecule has 19 heavy (non-hydrogen) atoms. The largest absolute Gasteiger partial charge is 0.481 e. The zero-order chi connectivity index (χ0) is 14.3. The maximum Gasteiger partial charge on any atom is 0.303 e. The third-order valence-electron chi connectivity index (χ3n) is 4.06. The fraction of sp³-hybridized carbons (Fsp3) is 0.867. The van der Waals surface area contributed by atoms with E-state index < -0.39 is 5.97 Å². The Balaban J connectivity index is 2.18. The standard InChI is InChI=1S/C15H27NO3/c1-3-4-12(5-8-14(17)18)9-10-16-15(19)11(2)13-6-7-13/h11-13H,3-10H2,1-2H3,(H,16,19)(H,17,18). The van der Waals surface area contributed by atoms with Gasteiger partial charge < -0.3 is 10.4 Å². The summed E-state index contributed by atoms with van der Waals surface area (Å²) in [6.07, 6.45) is 6.33. The van der Waals surface area contributed by atoms with Gasteiger partial charge in [-0.3, -0.25) is 9.59 Å². The van der Waals surface area contributed by atoms with Crippen molar-refractivity contribution in [1.82, 2.24) is 5.32 Å². The Bertz CT molecular complexity index is 300. The molecule has 0 aromatic carbocycles. The van der Waals surface area contributed by atoms with E-state index in [9.17, 15) is 9.59 Å². The molecule has 2 N–H and O–H groups in total. The van der Waals surface area contributed by atoms with Crippen LogP contribution in [0.25, 0.3) is 0 Å². The van der Waals surface area contributed by atoms with Gasteiger partial charge in [0.2, 0.25) is 5.91 Å². The van der Waals surface area contributed by atoms with Gasteiger partial charge in [-0.2, -0.15) is 0 Å². The zero-order valence-electron chi connectivity index (χ0n) is 12.2. The Kier molecular flexibility index (Phi) is 6.89. The molecule has 4 heteroatoms. The Morgan fingerprint density at radius 3 is 2.47 bits per heavy atom. The SMILES string of the molecule is CCCC(CCNC(=O)C(C)C1CC1)CCC(=O)O. The summed E-state index contributed by atoms with van der Waals surface area (Å²) >= 11 is 0. The first-order valence-electron chi connectivity index (χ1n) is 7.54. The van der Waals surface area contributed by atoms with Crippen molar-refractivity contribution in [3.63, 3.8) is 0 Å². The van der Waals surface area contributed by atoms with Crippen molar-refractivity contribution < 1.29 is 14.7 Å². The van der Waals surface area contributed by atoms with E-state index in [-0.39, 0.29) is 18.2 Å². The van der Waals surface area contributed by atoms with Gasteiger partial charge in [0.1, 0.15) is 0 Å². The molecule has 0 radical (unpaired) electrons. The van der Waals surface area contributed by atoms with Crippen LogP contribution in [-0.4, -0.2) is 23.5 Å². The van der Waals surface area contributed by atoms with Crippen LogP contribution in [0.1, 0.15) is 58.8 Å².